The van der Waals surface area contributed by atoms with Gasteiger partial charge in [-0.1, -0.05) is 0 Å². The van der Waals surface area contributed by atoms with Crippen LogP contribution in [0.15, 0.2) is 16.5 Å². The van der Waals surface area contributed by atoms with Gasteiger partial charge < -0.3 is 19.4 Å². The minimum absolute atomic E-state index is 0.0463. The Morgan fingerprint density at radius 3 is 2.24 bits per heavy atom. The molecule has 2 N–H and O–H groups in total. The molecular formula is C11H14O6. The van der Waals surface area contributed by atoms with E-state index in [0.29, 0.717) is 12.0 Å². The van der Waals surface area contributed by atoms with Crippen LogP contribution in [0, 0.1) is 0 Å². The molecule has 0 aromatic carbocycles. The Labute approximate surface area is 97.9 Å². The number of carboxylic acids is 1. The minimum Gasteiger partial charge on any atom is -0.481 e. The van der Waals surface area contributed by atoms with Gasteiger partial charge in [0.15, 0.2) is 12.0 Å². The third-order valence-electron chi connectivity index (χ3n) is 1.65. The summed E-state index contributed by atoms with van der Waals surface area (Å²) in [6.07, 6.45) is 0.698. The summed E-state index contributed by atoms with van der Waals surface area (Å²) in [6.45, 7) is 1.22. The number of carbonyl (C=O) groups excluding carboxylic acids is 2. The zero-order valence-electron chi connectivity index (χ0n) is 9.38. The fraction of sp³-hybridized carbons (Fsp3) is 0.364. The molecule has 0 radical (unpaired) electrons. The second kappa shape index (κ2) is 8.23. The van der Waals surface area contributed by atoms with E-state index in [2.05, 4.69) is 0 Å². The van der Waals surface area contributed by atoms with Gasteiger partial charge in [-0.25, -0.2) is 0 Å². The van der Waals surface area contributed by atoms with E-state index in [4.69, 9.17) is 14.6 Å². The van der Waals surface area contributed by atoms with Crippen LogP contribution in [0.25, 0.3) is 0 Å². The van der Waals surface area contributed by atoms with Crippen LogP contribution in [-0.2, 0) is 16.2 Å². The number of aldehydes is 1. The molecule has 1 heterocycles. The zero-order chi connectivity index (χ0) is 13.3. The van der Waals surface area contributed by atoms with Crippen LogP contribution < -0.4 is 0 Å². The Hall–Kier alpha value is -1.95. The third-order valence-corrected chi connectivity index (χ3v) is 1.65. The first-order valence-electron chi connectivity index (χ1n) is 4.85. The number of hydrogen-bond donors (Lipinski definition) is 2. The average molecular weight is 242 g/mol. The maximum atomic E-state index is 10.1. The number of hydrogen-bond acceptors (Lipinski definition) is 5. The number of ketones is 1. The molecule has 6 heteroatoms. The molecule has 1 rings (SSSR count). The summed E-state index contributed by atoms with van der Waals surface area (Å²) in [4.78, 5) is 29.8. The fourth-order valence-corrected chi connectivity index (χ4v) is 0.826. The molecule has 0 saturated carbocycles. The van der Waals surface area contributed by atoms with Crippen molar-refractivity contribution in [3.8, 4) is 0 Å². The highest BCUT2D eigenvalue weighted by Crippen LogP contribution is 2.03. The Kier molecular flexibility index (Phi) is 7.29. The van der Waals surface area contributed by atoms with Gasteiger partial charge in [0.1, 0.15) is 18.2 Å². The summed E-state index contributed by atoms with van der Waals surface area (Å²) in [5, 5.41) is 16.4. The van der Waals surface area contributed by atoms with E-state index in [-0.39, 0.29) is 31.0 Å². The van der Waals surface area contributed by atoms with Crippen molar-refractivity contribution in [3.63, 3.8) is 0 Å². The Bertz CT molecular complexity index is 365. The summed E-state index contributed by atoms with van der Waals surface area (Å²) < 4.78 is 4.76. The Balaban J connectivity index is 0.000000304. The molecule has 6 nitrogen and oxygen atoms in total. The van der Waals surface area contributed by atoms with Gasteiger partial charge in [0, 0.05) is 6.42 Å². The molecule has 0 spiro atoms. The van der Waals surface area contributed by atoms with Crippen molar-refractivity contribution in [1.29, 1.82) is 0 Å². The predicted octanol–water partition coefficient (Wildman–Crippen LogP) is 1.02. The van der Waals surface area contributed by atoms with Crippen LogP contribution in [-0.4, -0.2) is 28.3 Å². The largest absolute Gasteiger partial charge is 0.481 e. The smallest absolute Gasteiger partial charge is 0.303 e. The Morgan fingerprint density at radius 1 is 1.35 bits per heavy atom. The highest BCUT2D eigenvalue weighted by atomic mass is 16.4. The van der Waals surface area contributed by atoms with Gasteiger partial charge in [0.05, 0.1) is 6.42 Å². The van der Waals surface area contributed by atoms with Crippen molar-refractivity contribution in [2.24, 2.45) is 0 Å². The van der Waals surface area contributed by atoms with Crippen LogP contribution in [0.5, 0.6) is 0 Å². The van der Waals surface area contributed by atoms with Gasteiger partial charge in [0.25, 0.3) is 0 Å². The van der Waals surface area contributed by atoms with Gasteiger partial charge in [-0.2, -0.15) is 0 Å². The maximum Gasteiger partial charge on any atom is 0.303 e. The topological polar surface area (TPSA) is 105 Å². The van der Waals surface area contributed by atoms with E-state index >= 15 is 0 Å². The monoisotopic (exact) mass is 242 g/mol. The minimum atomic E-state index is -0.916. The summed E-state index contributed by atoms with van der Waals surface area (Å²) in [6, 6.07) is 3.07. The molecule has 0 atom stereocenters. The molecule has 17 heavy (non-hydrogen) atoms. The van der Waals surface area contributed by atoms with Crippen LogP contribution >= 0.6 is 0 Å². The number of carbonyl (C=O) groups is 3. The zero-order valence-corrected chi connectivity index (χ0v) is 9.38. The van der Waals surface area contributed by atoms with E-state index < -0.39 is 5.97 Å². The molecule has 1 aromatic heterocycles. The SMILES string of the molecule is CC(=O)CCC(=O)O.O=Cc1ccc(CO)o1. The van der Waals surface area contributed by atoms with Crippen LogP contribution in [0.1, 0.15) is 36.1 Å². The average Bonchev–Trinajstić information content (AvgIpc) is 2.75. The normalized spacial score (nSPS) is 9.06. The van der Waals surface area contributed by atoms with E-state index in [9.17, 15) is 14.4 Å². The molecule has 0 bridgehead atoms. The molecule has 1 aromatic rings. The molecule has 0 aliphatic carbocycles. The first kappa shape index (κ1) is 15.0. The second-order valence-electron chi connectivity index (χ2n) is 3.18. The summed E-state index contributed by atoms with van der Waals surface area (Å²) >= 11 is 0. The molecule has 0 aliphatic rings. The van der Waals surface area contributed by atoms with Crippen molar-refractivity contribution in [2.75, 3.05) is 0 Å². The Morgan fingerprint density at radius 2 is 2.00 bits per heavy atom. The van der Waals surface area contributed by atoms with E-state index in [1.807, 2.05) is 0 Å². The van der Waals surface area contributed by atoms with E-state index in [1.165, 1.54) is 13.0 Å². The third kappa shape index (κ3) is 7.92. The van der Waals surface area contributed by atoms with Crippen molar-refractivity contribution >= 4 is 18.0 Å². The number of furan rings is 1. The standard InChI is InChI=1S/C6H6O3.C5H8O3/c7-3-5-1-2-6(4-8)9-5;1-4(6)2-3-5(7)8/h1-3,8H,4H2;2-3H2,1H3,(H,7,8). The van der Waals surface area contributed by atoms with Gasteiger partial charge >= 0.3 is 5.97 Å². The first-order valence-corrected chi connectivity index (χ1v) is 4.85. The number of carboxylic acid groups (broad SMARTS) is 1. The summed E-state index contributed by atoms with van der Waals surface area (Å²) in [7, 11) is 0. The van der Waals surface area contributed by atoms with Gasteiger partial charge in [-0.3, -0.25) is 9.59 Å². The van der Waals surface area contributed by atoms with Crippen LogP contribution in [0.4, 0.5) is 0 Å². The van der Waals surface area contributed by atoms with E-state index in [1.54, 1.807) is 6.07 Å². The lowest BCUT2D eigenvalue weighted by molar-refractivity contribution is -0.138. The van der Waals surface area contributed by atoms with E-state index in [0.717, 1.165) is 0 Å². The maximum absolute atomic E-state index is 10.1. The lowest BCUT2D eigenvalue weighted by atomic mass is 10.2. The summed E-state index contributed by atoms with van der Waals surface area (Å²) in [5.41, 5.74) is 0. The van der Waals surface area contributed by atoms with Gasteiger partial charge in [-0.15, -0.1) is 0 Å². The van der Waals surface area contributed by atoms with Crippen LogP contribution in [0.2, 0.25) is 0 Å². The number of aliphatic hydroxyl groups excluding tert-OH is 1. The van der Waals surface area contributed by atoms with Gasteiger partial charge in [0.2, 0.25) is 0 Å². The van der Waals surface area contributed by atoms with Gasteiger partial charge in [-0.05, 0) is 19.1 Å². The quantitative estimate of drug-likeness (QED) is 0.747. The van der Waals surface area contributed by atoms with Crippen molar-refractivity contribution in [2.45, 2.75) is 26.4 Å². The molecule has 0 aliphatic heterocycles. The molecule has 0 fully saturated rings. The molecular weight excluding hydrogens is 228 g/mol. The molecule has 0 unspecified atom stereocenters. The molecule has 0 amide bonds. The lowest BCUT2D eigenvalue weighted by Gasteiger charge is -1.86. The molecule has 0 saturated heterocycles. The number of aliphatic hydroxyl groups is 1. The number of Topliss-reactive ketones (excluding diaryl/α,β-unsaturated/α-hetero) is 1. The lowest BCUT2D eigenvalue weighted by Crippen LogP contribution is -1.98. The summed E-state index contributed by atoms with van der Waals surface area (Å²) in [5.74, 6) is -0.330. The highest BCUT2D eigenvalue weighted by Gasteiger charge is 1.98. The fourth-order valence-electron chi connectivity index (χ4n) is 0.826. The van der Waals surface area contributed by atoms with Crippen LogP contribution in [0.3, 0.4) is 0 Å². The first-order chi connectivity index (χ1) is 7.99. The second-order valence-corrected chi connectivity index (χ2v) is 3.18. The van der Waals surface area contributed by atoms with Crippen molar-refractivity contribution in [1.82, 2.24) is 0 Å². The number of aliphatic carboxylic acids is 1. The molecule has 94 valence electrons. The van der Waals surface area contributed by atoms with Crippen molar-refractivity contribution in [3.05, 3.63) is 23.7 Å². The predicted molar refractivity (Wildman–Crippen MR) is 57.6 cm³/mol. The number of rotatable bonds is 5. The highest BCUT2D eigenvalue weighted by molar-refractivity contribution is 5.80. The van der Waals surface area contributed by atoms with Crippen molar-refractivity contribution < 1.29 is 29.0 Å².